The maximum Gasteiger partial charge on any atom is 0.348 e. The van der Waals surface area contributed by atoms with Crippen LogP contribution in [0.5, 0.6) is 5.75 Å². The highest BCUT2D eigenvalue weighted by Gasteiger charge is 2.53. The second-order valence-corrected chi connectivity index (χ2v) is 3.65. The number of carboxylic acid groups (broad SMARTS) is 1. The molecule has 1 saturated carbocycles. The van der Waals surface area contributed by atoms with Crippen molar-refractivity contribution < 1.29 is 19.6 Å². The van der Waals surface area contributed by atoms with Crippen molar-refractivity contribution in [3.05, 3.63) is 34.4 Å². The summed E-state index contributed by atoms with van der Waals surface area (Å²) >= 11 is 0. The zero-order chi connectivity index (χ0) is 11.8. The number of hydrogen-bond acceptors (Lipinski definition) is 4. The molecule has 0 amide bonds. The van der Waals surface area contributed by atoms with Gasteiger partial charge in [0.1, 0.15) is 5.75 Å². The molecule has 0 atom stereocenters. The molecule has 16 heavy (non-hydrogen) atoms. The first-order valence-corrected chi connectivity index (χ1v) is 4.70. The van der Waals surface area contributed by atoms with Gasteiger partial charge in [0.15, 0.2) is 0 Å². The highest BCUT2D eigenvalue weighted by atomic mass is 16.6. The molecule has 1 aliphatic carbocycles. The highest BCUT2D eigenvalue weighted by molar-refractivity contribution is 5.81. The number of aliphatic carboxylic acids is 1. The maximum absolute atomic E-state index is 10.8. The smallest absolute Gasteiger partial charge is 0.348 e. The molecule has 1 fully saturated rings. The summed E-state index contributed by atoms with van der Waals surface area (Å²) in [5.41, 5.74) is -1.16. The predicted molar refractivity (Wildman–Crippen MR) is 53.3 cm³/mol. The lowest BCUT2D eigenvalue weighted by molar-refractivity contribution is -0.384. The average Bonchev–Trinajstić information content (AvgIpc) is 3.00. The summed E-state index contributed by atoms with van der Waals surface area (Å²) in [6.45, 7) is 0. The van der Waals surface area contributed by atoms with Crippen LogP contribution in [0.2, 0.25) is 0 Å². The predicted octanol–water partition coefficient (Wildman–Crippen LogP) is 1.59. The molecule has 0 aliphatic heterocycles. The number of non-ortho nitro benzene ring substituents is 1. The van der Waals surface area contributed by atoms with Crippen molar-refractivity contribution in [2.75, 3.05) is 0 Å². The summed E-state index contributed by atoms with van der Waals surface area (Å²) in [6.07, 6.45) is 0.943. The number of nitro benzene ring substituents is 1. The van der Waals surface area contributed by atoms with Crippen LogP contribution in [0, 0.1) is 10.1 Å². The Morgan fingerprint density at radius 3 is 2.31 bits per heavy atom. The van der Waals surface area contributed by atoms with Gasteiger partial charge in [0, 0.05) is 25.0 Å². The van der Waals surface area contributed by atoms with E-state index in [4.69, 9.17) is 9.84 Å². The molecule has 1 aliphatic rings. The molecule has 1 aromatic rings. The number of hydrogen-bond donors (Lipinski definition) is 1. The normalized spacial score (nSPS) is 16.5. The van der Waals surface area contributed by atoms with Crippen molar-refractivity contribution in [3.8, 4) is 5.75 Å². The summed E-state index contributed by atoms with van der Waals surface area (Å²) < 4.78 is 5.29. The van der Waals surface area contributed by atoms with Crippen molar-refractivity contribution in [3.63, 3.8) is 0 Å². The van der Waals surface area contributed by atoms with Gasteiger partial charge in [0.25, 0.3) is 5.69 Å². The Kier molecular flexibility index (Phi) is 2.26. The number of carbonyl (C=O) groups is 1. The average molecular weight is 223 g/mol. The Bertz CT molecular complexity index is 435. The van der Waals surface area contributed by atoms with E-state index in [-0.39, 0.29) is 5.69 Å². The number of nitro groups is 1. The first-order chi connectivity index (χ1) is 7.53. The summed E-state index contributed by atoms with van der Waals surface area (Å²) in [6, 6.07) is 5.38. The number of rotatable bonds is 4. The third-order valence-electron chi connectivity index (χ3n) is 2.45. The van der Waals surface area contributed by atoms with Gasteiger partial charge in [-0.05, 0) is 12.1 Å². The molecule has 0 unspecified atom stereocenters. The van der Waals surface area contributed by atoms with Crippen molar-refractivity contribution >= 4 is 11.7 Å². The largest absolute Gasteiger partial charge is 0.478 e. The number of carboxylic acids is 1. The molecular weight excluding hydrogens is 214 g/mol. The van der Waals surface area contributed by atoms with Crippen LogP contribution in [0.3, 0.4) is 0 Å². The monoisotopic (exact) mass is 223 g/mol. The van der Waals surface area contributed by atoms with E-state index in [0.29, 0.717) is 18.6 Å². The second kappa shape index (κ2) is 3.48. The van der Waals surface area contributed by atoms with Crippen molar-refractivity contribution in [2.45, 2.75) is 18.4 Å². The van der Waals surface area contributed by atoms with Crippen molar-refractivity contribution in [1.29, 1.82) is 0 Å². The van der Waals surface area contributed by atoms with Crippen molar-refractivity contribution in [2.24, 2.45) is 0 Å². The van der Waals surface area contributed by atoms with Crippen LogP contribution in [0.25, 0.3) is 0 Å². The van der Waals surface area contributed by atoms with E-state index in [1.165, 1.54) is 24.3 Å². The molecule has 0 heterocycles. The second-order valence-electron chi connectivity index (χ2n) is 3.65. The van der Waals surface area contributed by atoms with Crippen LogP contribution < -0.4 is 4.74 Å². The molecule has 1 N–H and O–H groups in total. The molecule has 0 spiro atoms. The quantitative estimate of drug-likeness (QED) is 0.618. The number of nitrogens with zero attached hydrogens (tertiary/aromatic N) is 1. The summed E-state index contributed by atoms with van der Waals surface area (Å²) in [4.78, 5) is 20.7. The lowest BCUT2D eigenvalue weighted by Crippen LogP contribution is -2.28. The molecule has 6 nitrogen and oxygen atoms in total. The van der Waals surface area contributed by atoms with Crippen molar-refractivity contribution in [1.82, 2.24) is 0 Å². The van der Waals surface area contributed by atoms with E-state index < -0.39 is 16.5 Å². The Morgan fingerprint density at radius 1 is 1.38 bits per heavy atom. The van der Waals surface area contributed by atoms with Crippen LogP contribution >= 0.6 is 0 Å². The van der Waals surface area contributed by atoms with Gasteiger partial charge in [-0.2, -0.15) is 0 Å². The van der Waals surface area contributed by atoms with Gasteiger partial charge in [-0.1, -0.05) is 0 Å². The maximum atomic E-state index is 10.8. The third-order valence-corrected chi connectivity index (χ3v) is 2.45. The van der Waals surface area contributed by atoms with Gasteiger partial charge in [-0.15, -0.1) is 0 Å². The fourth-order valence-corrected chi connectivity index (χ4v) is 1.33. The SMILES string of the molecule is O=C(O)C1(Oc2ccc([N+](=O)[O-])cc2)CC1. The van der Waals surface area contributed by atoms with Crippen LogP contribution in [0.15, 0.2) is 24.3 Å². The number of ether oxygens (including phenoxy) is 1. The topological polar surface area (TPSA) is 89.7 Å². The summed E-state index contributed by atoms with van der Waals surface area (Å²) in [7, 11) is 0. The fourth-order valence-electron chi connectivity index (χ4n) is 1.33. The minimum atomic E-state index is -1.11. The first kappa shape index (κ1) is 10.4. The standard InChI is InChI=1S/C10H9NO5/c12-9(13)10(5-6-10)16-8-3-1-7(2-4-8)11(14)15/h1-4H,5-6H2,(H,12,13). The van der Waals surface area contributed by atoms with Gasteiger partial charge in [-0.3, -0.25) is 10.1 Å². The lowest BCUT2D eigenvalue weighted by atomic mass is 10.3. The minimum Gasteiger partial charge on any atom is -0.478 e. The zero-order valence-electron chi connectivity index (χ0n) is 8.25. The van der Waals surface area contributed by atoms with Crippen LogP contribution in [-0.4, -0.2) is 21.6 Å². The molecule has 0 saturated heterocycles. The molecule has 0 radical (unpaired) electrons. The van der Waals surface area contributed by atoms with Crippen LogP contribution in [0.4, 0.5) is 5.69 Å². The Labute approximate surface area is 90.6 Å². The number of benzene rings is 1. The summed E-state index contributed by atoms with van der Waals surface area (Å²) in [5.74, 6) is -0.656. The van der Waals surface area contributed by atoms with E-state index in [2.05, 4.69) is 0 Å². The zero-order valence-corrected chi connectivity index (χ0v) is 8.25. The summed E-state index contributed by atoms with van der Waals surface area (Å²) in [5, 5.41) is 19.3. The highest BCUT2D eigenvalue weighted by Crippen LogP contribution is 2.40. The molecule has 2 rings (SSSR count). The van der Waals surface area contributed by atoms with Crippen LogP contribution in [0.1, 0.15) is 12.8 Å². The molecule has 0 aromatic heterocycles. The Morgan fingerprint density at radius 2 is 1.94 bits per heavy atom. The van der Waals surface area contributed by atoms with Gasteiger partial charge in [0.05, 0.1) is 4.92 Å². The molecule has 0 bridgehead atoms. The minimum absolute atomic E-state index is 0.0486. The molecule has 1 aromatic carbocycles. The van der Waals surface area contributed by atoms with Gasteiger partial charge in [-0.25, -0.2) is 4.79 Å². The third kappa shape index (κ3) is 1.81. The van der Waals surface area contributed by atoms with Crippen LogP contribution in [-0.2, 0) is 4.79 Å². The van der Waals surface area contributed by atoms with E-state index in [1.807, 2.05) is 0 Å². The van der Waals surface area contributed by atoms with Gasteiger partial charge < -0.3 is 9.84 Å². The Balaban J connectivity index is 2.12. The molecule has 6 heteroatoms. The molecule has 84 valence electrons. The van der Waals surface area contributed by atoms with Gasteiger partial charge >= 0.3 is 5.97 Å². The first-order valence-electron chi connectivity index (χ1n) is 4.70. The van der Waals surface area contributed by atoms with E-state index >= 15 is 0 Å². The Hall–Kier alpha value is -2.11. The van der Waals surface area contributed by atoms with E-state index in [9.17, 15) is 14.9 Å². The van der Waals surface area contributed by atoms with E-state index in [0.717, 1.165) is 0 Å². The lowest BCUT2D eigenvalue weighted by Gasteiger charge is -2.12. The van der Waals surface area contributed by atoms with Gasteiger partial charge in [0.2, 0.25) is 5.60 Å². The fraction of sp³-hybridized carbons (Fsp3) is 0.300. The molecular formula is C10H9NO5. The van der Waals surface area contributed by atoms with E-state index in [1.54, 1.807) is 0 Å².